The molecule has 6 rings (SSSR count). The lowest BCUT2D eigenvalue weighted by molar-refractivity contribution is 0.102. The average molecular weight is 533 g/mol. The number of anilines is 2. The molecule has 0 saturated carbocycles. The Balaban J connectivity index is 1.22. The van der Waals surface area contributed by atoms with E-state index in [4.69, 9.17) is 4.42 Å². The first-order valence-corrected chi connectivity index (χ1v) is 13.9. The van der Waals surface area contributed by atoms with Gasteiger partial charge in [0.15, 0.2) is 0 Å². The van der Waals surface area contributed by atoms with Crippen molar-refractivity contribution >= 4 is 49.2 Å². The Hall–Kier alpha value is -4.88. The smallest absolute Gasteiger partial charge is 0.264 e. The molecule has 0 saturated heterocycles. The van der Waals surface area contributed by atoms with Crippen LogP contribution in [0.1, 0.15) is 15.9 Å². The second-order valence-electron chi connectivity index (χ2n) is 9.12. The van der Waals surface area contributed by atoms with Crippen LogP contribution < -0.4 is 9.62 Å². The zero-order chi connectivity index (χ0) is 26.8. The number of hydrogen-bond donors (Lipinski definition) is 1. The zero-order valence-corrected chi connectivity index (χ0v) is 21.6. The number of sulfonamides is 1. The number of hydrogen-bond acceptors (Lipinski definition) is 4. The number of carbonyl (C=O) groups is 1. The van der Waals surface area contributed by atoms with Crippen molar-refractivity contribution in [2.24, 2.45) is 0 Å². The van der Waals surface area contributed by atoms with Crippen LogP contribution in [-0.2, 0) is 16.6 Å². The van der Waals surface area contributed by atoms with Gasteiger partial charge in [-0.1, -0.05) is 66.7 Å². The van der Waals surface area contributed by atoms with Crippen molar-refractivity contribution in [1.29, 1.82) is 0 Å². The molecule has 0 fully saturated rings. The summed E-state index contributed by atoms with van der Waals surface area (Å²) in [7, 11) is -3.80. The molecule has 1 amide bonds. The highest BCUT2D eigenvalue weighted by atomic mass is 32.2. The molecule has 6 nitrogen and oxygen atoms in total. The second kappa shape index (κ2) is 10.1. The summed E-state index contributed by atoms with van der Waals surface area (Å²) in [4.78, 5) is 13.2. The summed E-state index contributed by atoms with van der Waals surface area (Å²) in [6.07, 6.45) is 0. The van der Waals surface area contributed by atoms with Gasteiger partial charge in [0.05, 0.1) is 17.1 Å². The quantitative estimate of drug-likeness (QED) is 0.235. The van der Waals surface area contributed by atoms with Crippen LogP contribution in [0.2, 0.25) is 0 Å². The number of nitrogens with zero attached hydrogens (tertiary/aromatic N) is 1. The minimum atomic E-state index is -3.80. The van der Waals surface area contributed by atoms with Crippen molar-refractivity contribution in [3.05, 3.63) is 139 Å². The Morgan fingerprint density at radius 1 is 0.692 bits per heavy atom. The first-order valence-electron chi connectivity index (χ1n) is 12.4. The van der Waals surface area contributed by atoms with Crippen molar-refractivity contribution in [1.82, 2.24) is 0 Å². The van der Waals surface area contributed by atoms with E-state index in [-0.39, 0.29) is 17.3 Å². The number of amides is 1. The molecule has 5 aromatic carbocycles. The SMILES string of the molecule is O=C(Nc1ccc2c(c1)oc1ccccc12)c1ccc(CN(c2ccccc2)S(=O)(=O)c2ccccc2)cc1. The van der Waals surface area contributed by atoms with Crippen LogP contribution in [0, 0.1) is 0 Å². The van der Waals surface area contributed by atoms with Crippen molar-refractivity contribution in [2.45, 2.75) is 11.4 Å². The molecule has 192 valence electrons. The standard InChI is InChI=1S/C32H24N2O4S/c35-32(33-25-19-20-29-28-13-7-8-14-30(28)38-31(29)21-25)24-17-15-23(16-18-24)22-34(26-9-3-1-4-10-26)39(36,37)27-11-5-2-6-12-27/h1-21H,22H2,(H,33,35). The Morgan fingerprint density at radius 3 is 2.08 bits per heavy atom. The van der Waals surface area contributed by atoms with Gasteiger partial charge in [-0.3, -0.25) is 9.10 Å². The van der Waals surface area contributed by atoms with Gasteiger partial charge in [-0.15, -0.1) is 0 Å². The number of para-hydroxylation sites is 2. The third-order valence-electron chi connectivity index (χ3n) is 6.55. The van der Waals surface area contributed by atoms with Crippen molar-refractivity contribution in [3.8, 4) is 0 Å². The first kappa shape index (κ1) is 24.5. The normalized spacial score (nSPS) is 11.5. The van der Waals surface area contributed by atoms with E-state index in [2.05, 4.69) is 5.32 Å². The molecule has 0 aliphatic heterocycles. The molecule has 0 atom stereocenters. The molecular weight excluding hydrogens is 508 g/mol. The molecule has 1 heterocycles. The van der Waals surface area contributed by atoms with E-state index in [0.717, 1.165) is 21.9 Å². The van der Waals surface area contributed by atoms with E-state index in [1.54, 1.807) is 78.9 Å². The predicted octanol–water partition coefficient (Wildman–Crippen LogP) is 7.23. The number of fused-ring (bicyclic) bond motifs is 3. The van der Waals surface area contributed by atoms with Crippen molar-refractivity contribution in [3.63, 3.8) is 0 Å². The molecule has 0 aliphatic rings. The lowest BCUT2D eigenvalue weighted by atomic mass is 10.1. The van der Waals surface area contributed by atoms with Crippen LogP contribution >= 0.6 is 0 Å². The van der Waals surface area contributed by atoms with Crippen LogP contribution in [0.5, 0.6) is 0 Å². The lowest BCUT2D eigenvalue weighted by Crippen LogP contribution is -2.30. The van der Waals surface area contributed by atoms with E-state index in [0.29, 0.717) is 22.5 Å². The average Bonchev–Trinajstić information content (AvgIpc) is 3.35. The summed E-state index contributed by atoms with van der Waals surface area (Å²) in [6.45, 7) is 0.117. The number of benzene rings is 5. The van der Waals surface area contributed by atoms with Crippen LogP contribution in [0.15, 0.2) is 137 Å². The van der Waals surface area contributed by atoms with E-state index >= 15 is 0 Å². The maximum Gasteiger partial charge on any atom is 0.264 e. The highest BCUT2D eigenvalue weighted by Gasteiger charge is 2.25. The van der Waals surface area contributed by atoms with Gasteiger partial charge in [0, 0.05) is 28.1 Å². The van der Waals surface area contributed by atoms with Crippen LogP contribution in [0.3, 0.4) is 0 Å². The first-order chi connectivity index (χ1) is 19.0. The number of carbonyl (C=O) groups excluding carboxylic acids is 1. The van der Waals surface area contributed by atoms with Crippen molar-refractivity contribution in [2.75, 3.05) is 9.62 Å². The largest absolute Gasteiger partial charge is 0.456 e. The second-order valence-corrected chi connectivity index (χ2v) is 11.0. The summed E-state index contributed by atoms with van der Waals surface area (Å²) >= 11 is 0. The molecule has 0 bridgehead atoms. The van der Waals surface area contributed by atoms with Gasteiger partial charge in [-0.2, -0.15) is 0 Å². The molecule has 39 heavy (non-hydrogen) atoms. The van der Waals surface area contributed by atoms with E-state index in [1.807, 2.05) is 48.5 Å². The highest BCUT2D eigenvalue weighted by Crippen LogP contribution is 2.30. The fraction of sp³-hybridized carbons (Fsp3) is 0.0312. The summed E-state index contributed by atoms with van der Waals surface area (Å²) in [5.41, 5.74) is 3.89. The molecule has 0 spiro atoms. The van der Waals surface area contributed by atoms with Gasteiger partial charge < -0.3 is 9.73 Å². The zero-order valence-electron chi connectivity index (χ0n) is 20.8. The third-order valence-corrected chi connectivity index (χ3v) is 8.34. The van der Waals surface area contributed by atoms with Crippen LogP contribution in [-0.4, -0.2) is 14.3 Å². The summed E-state index contributed by atoms with van der Waals surface area (Å²) in [6, 6.07) is 37.7. The molecule has 1 aromatic heterocycles. The molecule has 6 aromatic rings. The van der Waals surface area contributed by atoms with E-state index in [9.17, 15) is 13.2 Å². The molecule has 0 aliphatic carbocycles. The molecule has 7 heteroatoms. The number of nitrogens with one attached hydrogen (secondary N) is 1. The minimum absolute atomic E-state index is 0.117. The van der Waals surface area contributed by atoms with E-state index in [1.165, 1.54) is 4.31 Å². The molecule has 1 N–H and O–H groups in total. The Bertz CT molecular complexity index is 1880. The van der Waals surface area contributed by atoms with Gasteiger partial charge in [-0.05, 0) is 60.2 Å². The molecular formula is C32H24N2O4S. The summed E-state index contributed by atoms with van der Waals surface area (Å²) in [5, 5.41) is 4.94. The Morgan fingerprint density at radius 2 is 1.33 bits per heavy atom. The predicted molar refractivity (Wildman–Crippen MR) is 154 cm³/mol. The number of furan rings is 1. The highest BCUT2D eigenvalue weighted by molar-refractivity contribution is 7.92. The van der Waals surface area contributed by atoms with Gasteiger partial charge >= 0.3 is 0 Å². The topological polar surface area (TPSA) is 79.6 Å². The Labute approximate surface area is 226 Å². The van der Waals surface area contributed by atoms with Crippen LogP contribution in [0.4, 0.5) is 11.4 Å². The Kier molecular flexibility index (Phi) is 6.34. The molecule has 0 unspecified atom stereocenters. The fourth-order valence-electron chi connectivity index (χ4n) is 4.56. The fourth-order valence-corrected chi connectivity index (χ4v) is 6.04. The van der Waals surface area contributed by atoms with Gasteiger partial charge in [0.1, 0.15) is 11.2 Å². The summed E-state index contributed by atoms with van der Waals surface area (Å²) in [5.74, 6) is -0.270. The van der Waals surface area contributed by atoms with Gasteiger partial charge in [0.25, 0.3) is 15.9 Å². The molecule has 0 radical (unpaired) electrons. The van der Waals surface area contributed by atoms with Gasteiger partial charge in [-0.25, -0.2) is 8.42 Å². The number of rotatable bonds is 7. The minimum Gasteiger partial charge on any atom is -0.456 e. The van der Waals surface area contributed by atoms with Crippen molar-refractivity contribution < 1.29 is 17.6 Å². The third kappa shape index (κ3) is 4.87. The van der Waals surface area contributed by atoms with Crippen LogP contribution in [0.25, 0.3) is 21.9 Å². The van der Waals surface area contributed by atoms with Gasteiger partial charge in [0.2, 0.25) is 0 Å². The van der Waals surface area contributed by atoms with E-state index < -0.39 is 10.0 Å². The maximum atomic E-state index is 13.5. The maximum absolute atomic E-state index is 13.5. The lowest BCUT2D eigenvalue weighted by Gasteiger charge is -2.25. The summed E-state index contributed by atoms with van der Waals surface area (Å²) < 4.78 is 34.3. The monoisotopic (exact) mass is 532 g/mol.